The van der Waals surface area contributed by atoms with Gasteiger partial charge in [0.15, 0.2) is 0 Å². The van der Waals surface area contributed by atoms with Crippen molar-refractivity contribution in [2.45, 2.75) is 6.54 Å². The number of carboxylic acids is 1. The van der Waals surface area contributed by atoms with E-state index in [1.165, 1.54) is 6.07 Å². The number of nitrogens with zero attached hydrogens (tertiary/aromatic N) is 2. The molecule has 2 rings (SSSR count). The SMILES string of the molecule is O=C(O)c1ccccc1N=NCc1ccccc1O. The lowest BCUT2D eigenvalue weighted by Gasteiger charge is -2.00. The molecular weight excluding hydrogens is 244 g/mol. The molecular formula is C14H12N2O3. The molecule has 2 N–H and O–H groups in total. The Bertz CT molecular complexity index is 624. The molecule has 5 heteroatoms. The van der Waals surface area contributed by atoms with E-state index in [1.54, 1.807) is 42.5 Å². The molecule has 0 heterocycles. The maximum atomic E-state index is 11.0. The van der Waals surface area contributed by atoms with E-state index in [9.17, 15) is 9.90 Å². The third-order valence-corrected chi connectivity index (χ3v) is 2.55. The molecule has 0 radical (unpaired) electrons. The predicted octanol–water partition coefficient (Wildman–Crippen LogP) is 3.37. The number of aromatic carboxylic acids is 1. The van der Waals surface area contributed by atoms with Crippen LogP contribution < -0.4 is 0 Å². The Morgan fingerprint density at radius 2 is 1.74 bits per heavy atom. The van der Waals surface area contributed by atoms with Gasteiger partial charge in [0.05, 0.1) is 17.8 Å². The summed E-state index contributed by atoms with van der Waals surface area (Å²) >= 11 is 0. The van der Waals surface area contributed by atoms with Crippen molar-refractivity contribution in [1.82, 2.24) is 0 Å². The standard InChI is InChI=1S/C14H12N2O3/c17-13-8-4-1-5-10(13)9-15-16-12-7-3-2-6-11(12)14(18)19/h1-8,17H,9H2,(H,18,19). The Morgan fingerprint density at radius 3 is 2.47 bits per heavy atom. The topological polar surface area (TPSA) is 82.2 Å². The average Bonchev–Trinajstić information content (AvgIpc) is 2.41. The molecule has 2 aromatic rings. The lowest BCUT2D eigenvalue weighted by molar-refractivity contribution is 0.0697. The number of azo groups is 1. The second-order valence-corrected chi connectivity index (χ2v) is 3.85. The monoisotopic (exact) mass is 256 g/mol. The fraction of sp³-hybridized carbons (Fsp3) is 0.0714. The molecule has 0 atom stereocenters. The first-order chi connectivity index (χ1) is 9.18. The highest BCUT2D eigenvalue weighted by atomic mass is 16.4. The Kier molecular flexibility index (Phi) is 3.87. The summed E-state index contributed by atoms with van der Waals surface area (Å²) in [5.74, 6) is -0.898. The second-order valence-electron chi connectivity index (χ2n) is 3.85. The van der Waals surface area contributed by atoms with Crippen molar-refractivity contribution in [3.63, 3.8) is 0 Å². The predicted molar refractivity (Wildman–Crippen MR) is 69.7 cm³/mol. The minimum Gasteiger partial charge on any atom is -0.508 e. The van der Waals surface area contributed by atoms with Crippen molar-refractivity contribution >= 4 is 11.7 Å². The minimum absolute atomic E-state index is 0.100. The van der Waals surface area contributed by atoms with Crippen LogP contribution in [-0.4, -0.2) is 16.2 Å². The minimum atomic E-state index is -1.04. The van der Waals surface area contributed by atoms with E-state index < -0.39 is 5.97 Å². The number of para-hydroxylation sites is 1. The molecule has 0 spiro atoms. The van der Waals surface area contributed by atoms with E-state index in [2.05, 4.69) is 10.2 Å². The highest BCUT2D eigenvalue weighted by molar-refractivity contribution is 5.93. The van der Waals surface area contributed by atoms with Gasteiger partial charge in [0.2, 0.25) is 0 Å². The van der Waals surface area contributed by atoms with Crippen molar-refractivity contribution in [3.8, 4) is 5.75 Å². The number of carbonyl (C=O) groups is 1. The molecule has 5 nitrogen and oxygen atoms in total. The summed E-state index contributed by atoms with van der Waals surface area (Å²) in [4.78, 5) is 11.0. The highest BCUT2D eigenvalue weighted by Crippen LogP contribution is 2.21. The zero-order valence-corrected chi connectivity index (χ0v) is 10.0. The summed E-state index contributed by atoms with van der Waals surface area (Å²) in [5, 5.41) is 26.4. The number of hydrogen-bond acceptors (Lipinski definition) is 4. The maximum Gasteiger partial charge on any atom is 0.337 e. The Morgan fingerprint density at radius 1 is 1.05 bits per heavy atom. The first-order valence-corrected chi connectivity index (χ1v) is 5.65. The van der Waals surface area contributed by atoms with Crippen molar-refractivity contribution in [2.24, 2.45) is 10.2 Å². The van der Waals surface area contributed by atoms with Crippen molar-refractivity contribution in [1.29, 1.82) is 0 Å². The van der Waals surface area contributed by atoms with Gasteiger partial charge < -0.3 is 10.2 Å². The Hall–Kier alpha value is -2.69. The van der Waals surface area contributed by atoms with Gasteiger partial charge in [0.1, 0.15) is 5.75 Å². The number of phenolic OH excluding ortho intramolecular Hbond substituents is 1. The lowest BCUT2D eigenvalue weighted by atomic mass is 10.2. The van der Waals surface area contributed by atoms with Gasteiger partial charge in [0.25, 0.3) is 0 Å². The van der Waals surface area contributed by atoms with E-state index in [0.717, 1.165) is 0 Å². The molecule has 0 bridgehead atoms. The lowest BCUT2D eigenvalue weighted by Crippen LogP contribution is -1.95. The van der Waals surface area contributed by atoms with Crippen molar-refractivity contribution in [2.75, 3.05) is 0 Å². The molecule has 0 saturated carbocycles. The van der Waals surface area contributed by atoms with Crippen LogP contribution >= 0.6 is 0 Å². The van der Waals surface area contributed by atoms with Crippen LogP contribution in [0.2, 0.25) is 0 Å². The van der Waals surface area contributed by atoms with Crippen LogP contribution in [0.1, 0.15) is 15.9 Å². The molecule has 0 amide bonds. The number of benzene rings is 2. The summed E-state index contributed by atoms with van der Waals surface area (Å²) in [5.41, 5.74) is 1.04. The van der Waals surface area contributed by atoms with Crippen LogP contribution in [0.15, 0.2) is 58.8 Å². The molecule has 0 aromatic heterocycles. The van der Waals surface area contributed by atoms with Gasteiger partial charge >= 0.3 is 5.97 Å². The van der Waals surface area contributed by atoms with Crippen LogP contribution in [0.4, 0.5) is 5.69 Å². The van der Waals surface area contributed by atoms with E-state index >= 15 is 0 Å². The van der Waals surface area contributed by atoms with Gasteiger partial charge in [-0.2, -0.15) is 10.2 Å². The molecule has 19 heavy (non-hydrogen) atoms. The Labute approximate surface area is 109 Å². The number of hydrogen-bond donors (Lipinski definition) is 2. The van der Waals surface area contributed by atoms with Gasteiger partial charge in [-0.15, -0.1) is 0 Å². The zero-order chi connectivity index (χ0) is 13.7. The Balaban J connectivity index is 2.16. The zero-order valence-electron chi connectivity index (χ0n) is 10.0. The second kappa shape index (κ2) is 5.77. The summed E-state index contributed by atoms with van der Waals surface area (Å²) < 4.78 is 0. The quantitative estimate of drug-likeness (QED) is 0.822. The summed E-state index contributed by atoms with van der Waals surface area (Å²) in [7, 11) is 0. The molecule has 0 aliphatic carbocycles. The summed E-state index contributed by atoms with van der Waals surface area (Å²) in [6, 6.07) is 13.2. The molecule has 0 aliphatic rings. The highest BCUT2D eigenvalue weighted by Gasteiger charge is 2.07. The number of carboxylic acid groups (broad SMARTS) is 1. The van der Waals surface area contributed by atoms with Gasteiger partial charge in [-0.05, 0) is 18.2 Å². The first-order valence-electron chi connectivity index (χ1n) is 5.65. The molecule has 0 saturated heterocycles. The largest absolute Gasteiger partial charge is 0.508 e. The third-order valence-electron chi connectivity index (χ3n) is 2.55. The smallest absolute Gasteiger partial charge is 0.337 e. The summed E-state index contributed by atoms with van der Waals surface area (Å²) in [6.07, 6.45) is 0. The normalized spacial score (nSPS) is 10.7. The van der Waals surface area contributed by atoms with Crippen LogP contribution in [-0.2, 0) is 6.54 Å². The molecule has 96 valence electrons. The molecule has 2 aromatic carbocycles. The summed E-state index contributed by atoms with van der Waals surface area (Å²) in [6.45, 7) is 0.195. The van der Waals surface area contributed by atoms with Crippen LogP contribution in [0, 0.1) is 0 Å². The van der Waals surface area contributed by atoms with Crippen LogP contribution in [0.3, 0.4) is 0 Å². The van der Waals surface area contributed by atoms with Gasteiger partial charge in [-0.25, -0.2) is 4.79 Å². The first kappa shape index (κ1) is 12.8. The van der Waals surface area contributed by atoms with Gasteiger partial charge in [0, 0.05) is 5.56 Å². The van der Waals surface area contributed by atoms with E-state index in [1.807, 2.05) is 0 Å². The number of rotatable bonds is 4. The molecule has 0 unspecified atom stereocenters. The van der Waals surface area contributed by atoms with E-state index in [-0.39, 0.29) is 17.9 Å². The van der Waals surface area contributed by atoms with Gasteiger partial charge in [-0.3, -0.25) is 0 Å². The van der Waals surface area contributed by atoms with E-state index in [0.29, 0.717) is 11.3 Å². The van der Waals surface area contributed by atoms with Gasteiger partial charge in [-0.1, -0.05) is 30.3 Å². The van der Waals surface area contributed by atoms with E-state index in [4.69, 9.17) is 5.11 Å². The van der Waals surface area contributed by atoms with Crippen LogP contribution in [0.25, 0.3) is 0 Å². The maximum absolute atomic E-state index is 11.0. The fourth-order valence-electron chi connectivity index (χ4n) is 1.57. The number of aromatic hydroxyl groups is 1. The van der Waals surface area contributed by atoms with Crippen LogP contribution in [0.5, 0.6) is 5.75 Å². The average molecular weight is 256 g/mol. The van der Waals surface area contributed by atoms with Crippen molar-refractivity contribution < 1.29 is 15.0 Å². The molecule has 0 aliphatic heterocycles. The fourth-order valence-corrected chi connectivity index (χ4v) is 1.57. The van der Waals surface area contributed by atoms with Crippen molar-refractivity contribution in [3.05, 3.63) is 59.7 Å². The number of phenols is 1. The molecule has 0 fully saturated rings. The third kappa shape index (κ3) is 3.16.